The van der Waals surface area contributed by atoms with Crippen LogP contribution < -0.4 is 9.44 Å². The molecule has 0 saturated carbocycles. The van der Waals surface area contributed by atoms with Crippen LogP contribution >= 0.6 is 0 Å². The number of hydrogen-bond acceptors (Lipinski definition) is 4. The normalized spacial score (nSPS) is 25.0. The van der Waals surface area contributed by atoms with Crippen LogP contribution in [0.3, 0.4) is 0 Å². The lowest BCUT2D eigenvalue weighted by atomic mass is 9.87. The van der Waals surface area contributed by atoms with Gasteiger partial charge in [0.2, 0.25) is 0 Å². The van der Waals surface area contributed by atoms with E-state index in [1.807, 2.05) is 0 Å². The predicted molar refractivity (Wildman–Crippen MR) is 71.9 cm³/mol. The third kappa shape index (κ3) is 2.30. The van der Waals surface area contributed by atoms with Crippen molar-refractivity contribution < 1.29 is 18.3 Å². The van der Waals surface area contributed by atoms with Gasteiger partial charge >= 0.3 is 0 Å². The lowest BCUT2D eigenvalue weighted by Gasteiger charge is -2.32. The van der Waals surface area contributed by atoms with Crippen molar-refractivity contribution in [2.45, 2.75) is 25.3 Å². The standard InChI is InChI=1S/C13H14N2O4S/c16-9-6-4-8(5-7-9)13-12-10(2-1-3-11(12)17)14-20(18,19)15-13/h4-7,13-16H,1-3H2. The highest BCUT2D eigenvalue weighted by Gasteiger charge is 2.36. The van der Waals surface area contributed by atoms with Crippen LogP contribution in [-0.2, 0) is 15.0 Å². The van der Waals surface area contributed by atoms with Gasteiger partial charge in [0, 0.05) is 17.7 Å². The molecular formula is C13H14N2O4S. The molecule has 6 nitrogen and oxygen atoms in total. The summed E-state index contributed by atoms with van der Waals surface area (Å²) < 4.78 is 28.6. The van der Waals surface area contributed by atoms with Crippen LogP contribution in [0.15, 0.2) is 35.5 Å². The van der Waals surface area contributed by atoms with Crippen molar-refractivity contribution in [2.24, 2.45) is 0 Å². The maximum Gasteiger partial charge on any atom is 0.299 e. The molecule has 0 fully saturated rings. The Bertz CT molecular complexity index is 692. The minimum atomic E-state index is -3.66. The molecule has 7 heteroatoms. The molecule has 1 unspecified atom stereocenters. The molecule has 0 saturated heterocycles. The van der Waals surface area contributed by atoms with Crippen LogP contribution in [0, 0.1) is 0 Å². The average molecular weight is 294 g/mol. The van der Waals surface area contributed by atoms with E-state index in [0.717, 1.165) is 0 Å². The number of carbonyl (C=O) groups is 1. The van der Waals surface area contributed by atoms with Gasteiger partial charge in [-0.2, -0.15) is 13.1 Å². The van der Waals surface area contributed by atoms with Gasteiger partial charge in [-0.25, -0.2) is 0 Å². The number of rotatable bonds is 1. The van der Waals surface area contributed by atoms with Gasteiger partial charge < -0.3 is 5.11 Å². The van der Waals surface area contributed by atoms with Crippen molar-refractivity contribution in [3.63, 3.8) is 0 Å². The van der Waals surface area contributed by atoms with Crippen LogP contribution in [0.1, 0.15) is 30.9 Å². The number of allylic oxidation sites excluding steroid dienone is 1. The highest BCUT2D eigenvalue weighted by Crippen LogP contribution is 2.34. The first-order valence-electron chi connectivity index (χ1n) is 6.31. The van der Waals surface area contributed by atoms with E-state index in [9.17, 15) is 18.3 Å². The lowest BCUT2D eigenvalue weighted by Crippen LogP contribution is -2.47. The Balaban J connectivity index is 2.11. The van der Waals surface area contributed by atoms with Crippen molar-refractivity contribution in [2.75, 3.05) is 0 Å². The summed E-state index contributed by atoms with van der Waals surface area (Å²) in [5, 5.41) is 9.31. The van der Waals surface area contributed by atoms with Crippen LogP contribution in [0.2, 0.25) is 0 Å². The average Bonchev–Trinajstić information content (AvgIpc) is 2.37. The number of benzene rings is 1. The van der Waals surface area contributed by atoms with E-state index >= 15 is 0 Å². The van der Waals surface area contributed by atoms with E-state index in [4.69, 9.17) is 0 Å². The lowest BCUT2D eigenvalue weighted by molar-refractivity contribution is -0.116. The number of phenolic OH excluding ortho intramolecular Hbond substituents is 1. The third-order valence-corrected chi connectivity index (χ3v) is 4.56. The molecule has 3 N–H and O–H groups in total. The Morgan fingerprint density at radius 1 is 1.15 bits per heavy atom. The van der Waals surface area contributed by atoms with Gasteiger partial charge in [-0.15, -0.1) is 0 Å². The number of hydrogen-bond donors (Lipinski definition) is 3. The molecule has 1 heterocycles. The summed E-state index contributed by atoms with van der Waals surface area (Å²) in [5.74, 6) is 0.0499. The summed E-state index contributed by atoms with van der Waals surface area (Å²) in [6.45, 7) is 0. The summed E-state index contributed by atoms with van der Waals surface area (Å²) >= 11 is 0. The highest BCUT2D eigenvalue weighted by molar-refractivity contribution is 7.87. The fourth-order valence-electron chi connectivity index (χ4n) is 2.61. The molecule has 0 spiro atoms. The van der Waals surface area contributed by atoms with Gasteiger partial charge in [-0.05, 0) is 30.5 Å². The van der Waals surface area contributed by atoms with Crippen molar-refractivity contribution in [1.82, 2.24) is 9.44 Å². The zero-order valence-electron chi connectivity index (χ0n) is 10.6. The van der Waals surface area contributed by atoms with Gasteiger partial charge in [0.25, 0.3) is 10.2 Å². The number of nitrogens with one attached hydrogen (secondary N) is 2. The van der Waals surface area contributed by atoms with Crippen LogP contribution in [0.25, 0.3) is 0 Å². The highest BCUT2D eigenvalue weighted by atomic mass is 32.2. The van der Waals surface area contributed by atoms with Gasteiger partial charge in [0.1, 0.15) is 5.75 Å². The maximum atomic E-state index is 12.1. The fourth-order valence-corrected chi connectivity index (χ4v) is 3.77. The van der Waals surface area contributed by atoms with E-state index in [1.54, 1.807) is 12.1 Å². The number of carbonyl (C=O) groups excluding carboxylic acids is 1. The molecule has 1 aromatic carbocycles. The second-order valence-corrected chi connectivity index (χ2v) is 6.36. The topological polar surface area (TPSA) is 95.5 Å². The third-order valence-electron chi connectivity index (χ3n) is 3.50. The number of ketones is 1. The summed E-state index contributed by atoms with van der Waals surface area (Å²) in [6, 6.07) is 5.48. The van der Waals surface area contributed by atoms with Gasteiger partial charge in [-0.1, -0.05) is 12.1 Å². The van der Waals surface area contributed by atoms with Crippen LogP contribution in [-0.4, -0.2) is 19.3 Å². The quantitative estimate of drug-likeness (QED) is 0.716. The molecule has 0 radical (unpaired) electrons. The summed E-state index contributed by atoms with van der Waals surface area (Å²) in [6.07, 6.45) is 1.63. The SMILES string of the molecule is O=C1CCCC2=C1C(c1ccc(O)cc1)NS(=O)(=O)N2. The van der Waals surface area contributed by atoms with Gasteiger partial charge in [0.15, 0.2) is 5.78 Å². The molecule has 3 rings (SSSR count). The molecule has 0 amide bonds. The van der Waals surface area contributed by atoms with Crippen molar-refractivity contribution >= 4 is 16.0 Å². The summed E-state index contributed by atoms with van der Waals surface area (Å²) in [7, 11) is -3.66. The van der Waals surface area contributed by atoms with E-state index in [1.165, 1.54) is 12.1 Å². The van der Waals surface area contributed by atoms with Gasteiger partial charge in [0.05, 0.1) is 6.04 Å². The number of phenols is 1. The molecule has 106 valence electrons. The minimum Gasteiger partial charge on any atom is -0.508 e. The molecule has 1 aliphatic carbocycles. The van der Waals surface area contributed by atoms with Crippen molar-refractivity contribution in [3.8, 4) is 5.75 Å². The predicted octanol–water partition coefficient (Wildman–Crippen LogP) is 0.878. The Morgan fingerprint density at radius 3 is 2.55 bits per heavy atom. The summed E-state index contributed by atoms with van der Waals surface area (Å²) in [5.41, 5.74) is 1.60. The van der Waals surface area contributed by atoms with E-state index < -0.39 is 16.3 Å². The smallest absolute Gasteiger partial charge is 0.299 e. The van der Waals surface area contributed by atoms with E-state index in [2.05, 4.69) is 9.44 Å². The molecule has 0 aromatic heterocycles. The van der Waals surface area contributed by atoms with Crippen LogP contribution in [0.4, 0.5) is 0 Å². The Labute approximate surface area is 116 Å². The maximum absolute atomic E-state index is 12.1. The molecule has 1 aliphatic heterocycles. The Kier molecular flexibility index (Phi) is 3.02. The van der Waals surface area contributed by atoms with E-state index in [-0.39, 0.29) is 11.5 Å². The molecule has 20 heavy (non-hydrogen) atoms. The van der Waals surface area contributed by atoms with Crippen LogP contribution in [0.5, 0.6) is 5.75 Å². The zero-order valence-corrected chi connectivity index (χ0v) is 11.4. The molecule has 1 aromatic rings. The Hall–Kier alpha value is -1.86. The molecule has 2 aliphatic rings. The first kappa shape index (κ1) is 13.1. The fraction of sp³-hybridized carbons (Fsp3) is 0.308. The summed E-state index contributed by atoms with van der Waals surface area (Å²) in [4.78, 5) is 12.1. The zero-order chi connectivity index (χ0) is 14.3. The van der Waals surface area contributed by atoms with Crippen molar-refractivity contribution in [1.29, 1.82) is 0 Å². The molecular weight excluding hydrogens is 280 g/mol. The largest absolute Gasteiger partial charge is 0.508 e. The molecule has 1 atom stereocenters. The van der Waals surface area contributed by atoms with E-state index in [0.29, 0.717) is 36.1 Å². The van der Waals surface area contributed by atoms with Crippen molar-refractivity contribution in [3.05, 3.63) is 41.1 Å². The first-order chi connectivity index (χ1) is 9.46. The monoisotopic (exact) mass is 294 g/mol. The first-order valence-corrected chi connectivity index (χ1v) is 7.80. The second-order valence-electron chi connectivity index (χ2n) is 4.92. The number of aromatic hydroxyl groups is 1. The minimum absolute atomic E-state index is 0.0424. The molecule has 0 bridgehead atoms. The van der Waals surface area contributed by atoms with Gasteiger partial charge in [-0.3, -0.25) is 9.52 Å². The second kappa shape index (κ2) is 4.60. The number of Topliss-reactive ketones (excluding diaryl/α,β-unsaturated/α-hetero) is 1. The Morgan fingerprint density at radius 2 is 1.85 bits per heavy atom.